The van der Waals surface area contributed by atoms with Crippen LogP contribution in [0.15, 0.2) is 140 Å². The summed E-state index contributed by atoms with van der Waals surface area (Å²) in [5.74, 6) is 1.96. The summed E-state index contributed by atoms with van der Waals surface area (Å²) in [4.78, 5) is 14.8. The van der Waals surface area contributed by atoms with Crippen LogP contribution in [-0.2, 0) is 50.2 Å². The normalized spacial score (nSPS) is 15.4. The van der Waals surface area contributed by atoms with Crippen molar-refractivity contribution >= 4 is 23.0 Å². The molecule has 0 spiro atoms. The van der Waals surface area contributed by atoms with E-state index in [1.165, 1.54) is 50.1 Å². The number of fused-ring (bicyclic) bond motifs is 5. The molecule has 4 nitrogen and oxygen atoms in total. The maximum atomic E-state index is 5.04. The second-order valence-corrected chi connectivity index (χ2v) is 17.9. The van der Waals surface area contributed by atoms with Gasteiger partial charge in [0.15, 0.2) is 0 Å². The maximum Gasteiger partial charge on any atom is 2.00 e. The van der Waals surface area contributed by atoms with Crippen molar-refractivity contribution in [1.82, 2.24) is 9.97 Å². The van der Waals surface area contributed by atoms with Crippen LogP contribution < -0.4 is 9.80 Å². The van der Waals surface area contributed by atoms with Gasteiger partial charge in [0.2, 0.25) is 0 Å². The first kappa shape index (κ1) is 39.2. The summed E-state index contributed by atoms with van der Waals surface area (Å²) in [5.41, 5.74) is 15.2. The number of nitrogens with zero attached hydrogens (tertiary/aromatic N) is 4. The zero-order valence-electron chi connectivity index (χ0n) is 34.6. The van der Waals surface area contributed by atoms with Crippen LogP contribution in [0.25, 0.3) is 11.1 Å². The summed E-state index contributed by atoms with van der Waals surface area (Å²) in [6, 6.07) is 55.4. The molecular weight excluding hydrogens is 900 g/mol. The van der Waals surface area contributed by atoms with Crippen molar-refractivity contribution in [3.8, 4) is 11.1 Å². The molecule has 296 valence electrons. The van der Waals surface area contributed by atoms with Crippen LogP contribution in [-0.4, -0.2) is 23.1 Å². The molecule has 0 saturated carbocycles. The molecule has 59 heavy (non-hydrogen) atoms. The van der Waals surface area contributed by atoms with E-state index in [1.54, 1.807) is 0 Å². The average Bonchev–Trinajstić information content (AvgIpc) is 3.57. The Balaban J connectivity index is 0.00000449. The Bertz CT molecular complexity index is 2630. The van der Waals surface area contributed by atoms with E-state index < -0.39 is 5.41 Å². The molecule has 5 heteroatoms. The van der Waals surface area contributed by atoms with E-state index in [4.69, 9.17) is 9.97 Å². The van der Waals surface area contributed by atoms with Gasteiger partial charge in [-0.25, -0.2) is 9.97 Å². The fourth-order valence-electron chi connectivity index (χ4n) is 9.85. The van der Waals surface area contributed by atoms with Crippen molar-refractivity contribution in [2.75, 3.05) is 22.9 Å². The third-order valence-electron chi connectivity index (χ3n) is 13.1. The molecular formula is C54H50N4Pt. The van der Waals surface area contributed by atoms with Crippen LogP contribution in [0.3, 0.4) is 0 Å². The van der Waals surface area contributed by atoms with Crippen molar-refractivity contribution in [1.29, 1.82) is 0 Å². The average molecular weight is 950 g/mol. The van der Waals surface area contributed by atoms with E-state index >= 15 is 0 Å². The molecule has 5 aromatic carbocycles. The molecule has 7 aromatic rings. The molecule has 0 atom stereocenters. The molecule has 4 heterocycles. The molecule has 1 aliphatic carbocycles. The Morgan fingerprint density at radius 3 is 1.53 bits per heavy atom. The van der Waals surface area contributed by atoms with Crippen LogP contribution >= 0.6 is 0 Å². The first-order valence-corrected chi connectivity index (χ1v) is 21.0. The second kappa shape index (κ2) is 15.1. The number of benzene rings is 5. The van der Waals surface area contributed by atoms with Gasteiger partial charge in [0.25, 0.3) is 0 Å². The van der Waals surface area contributed by atoms with E-state index in [-0.39, 0.29) is 31.9 Å². The number of pyridine rings is 2. The van der Waals surface area contributed by atoms with E-state index in [0.29, 0.717) is 0 Å². The largest absolute Gasteiger partial charge is 2.00 e. The summed E-state index contributed by atoms with van der Waals surface area (Å²) < 4.78 is 0. The third-order valence-corrected chi connectivity index (χ3v) is 13.1. The van der Waals surface area contributed by atoms with Crippen molar-refractivity contribution in [3.05, 3.63) is 202 Å². The predicted molar refractivity (Wildman–Crippen MR) is 238 cm³/mol. The molecule has 0 fully saturated rings. The van der Waals surface area contributed by atoms with Gasteiger partial charge in [0, 0.05) is 36.3 Å². The standard InChI is InChI=1S/C54H50N4.Pt/c1-52(2,3)40-27-29-55-50(35-40)57-31-13-15-37-23-25-42(33-48(37)57)54(46-21-11-9-19-44(46)45-20-10-12-22-47(45)54)43-26-24-38-16-14-32-58(49(38)34-43)51-36-41(28-30-56-51)53(4,5)39-17-7-6-8-18-39;/h6-12,17-30,35-36H,13-16,31-32H2,1-5H3;/q-2;+2. The van der Waals surface area contributed by atoms with Crippen molar-refractivity contribution < 1.29 is 21.1 Å². The quantitative estimate of drug-likeness (QED) is 0.156. The van der Waals surface area contributed by atoms with Crippen LogP contribution in [0.5, 0.6) is 0 Å². The fraction of sp³-hybridized carbons (Fsp3) is 0.259. The Kier molecular flexibility index (Phi) is 10.00. The predicted octanol–water partition coefficient (Wildman–Crippen LogP) is 12.2. The molecule has 0 N–H and O–H groups in total. The number of hydrogen-bond donors (Lipinski definition) is 0. The summed E-state index contributed by atoms with van der Waals surface area (Å²) in [7, 11) is 0. The Hall–Kier alpha value is -5.31. The topological polar surface area (TPSA) is 32.3 Å². The Labute approximate surface area is 364 Å². The van der Waals surface area contributed by atoms with Gasteiger partial charge < -0.3 is 9.80 Å². The molecule has 3 aliphatic rings. The van der Waals surface area contributed by atoms with Crippen LogP contribution in [0.2, 0.25) is 0 Å². The first-order valence-electron chi connectivity index (χ1n) is 21.0. The molecule has 0 saturated heterocycles. The SMILES string of the molecule is CC(C)(C)c1ccnc(N2CCCc3ccc(C4(c5[c-]c6c(cc5)CCCN6c5cc(C(C)(C)c6ccccc6)ccn5)c5ccccc5-c5ccccc54)[c-]c32)c1.[Pt+2]. The summed E-state index contributed by atoms with van der Waals surface area (Å²) >= 11 is 0. The van der Waals surface area contributed by atoms with Gasteiger partial charge in [-0.15, -0.1) is 22.3 Å². The Morgan fingerprint density at radius 2 is 1.00 bits per heavy atom. The molecule has 10 rings (SSSR count). The van der Waals surface area contributed by atoms with Gasteiger partial charge in [-0.05, 0) is 81.5 Å². The monoisotopic (exact) mass is 949 g/mol. The van der Waals surface area contributed by atoms with Crippen LogP contribution in [0.1, 0.15) is 97.5 Å². The molecule has 0 amide bonds. The van der Waals surface area contributed by atoms with E-state index in [9.17, 15) is 0 Å². The minimum atomic E-state index is -0.644. The first-order chi connectivity index (χ1) is 28.1. The minimum absolute atomic E-state index is 0. The third kappa shape index (κ3) is 6.47. The molecule has 2 aliphatic heterocycles. The minimum Gasteiger partial charge on any atom is -0.350 e. The van der Waals surface area contributed by atoms with Crippen molar-refractivity contribution in [3.63, 3.8) is 0 Å². The van der Waals surface area contributed by atoms with Gasteiger partial charge in [-0.2, -0.15) is 36.4 Å². The number of rotatable bonds is 6. The maximum absolute atomic E-state index is 5.04. The summed E-state index contributed by atoms with van der Waals surface area (Å²) in [6.45, 7) is 13.2. The van der Waals surface area contributed by atoms with Gasteiger partial charge in [0.1, 0.15) is 11.6 Å². The van der Waals surface area contributed by atoms with Crippen LogP contribution in [0.4, 0.5) is 23.0 Å². The molecule has 0 unspecified atom stereocenters. The zero-order valence-corrected chi connectivity index (χ0v) is 36.9. The van der Waals surface area contributed by atoms with Crippen molar-refractivity contribution in [2.24, 2.45) is 0 Å². The number of anilines is 4. The van der Waals surface area contributed by atoms with Crippen molar-refractivity contribution in [2.45, 2.75) is 76.5 Å². The van der Waals surface area contributed by atoms with Gasteiger partial charge >= 0.3 is 21.1 Å². The van der Waals surface area contributed by atoms with Crippen LogP contribution in [0, 0.1) is 12.1 Å². The fourth-order valence-corrected chi connectivity index (χ4v) is 9.85. The zero-order chi connectivity index (χ0) is 39.6. The Morgan fingerprint density at radius 1 is 0.525 bits per heavy atom. The van der Waals surface area contributed by atoms with E-state index in [0.717, 1.165) is 72.9 Å². The van der Waals surface area contributed by atoms with Gasteiger partial charge in [-0.3, -0.25) is 0 Å². The van der Waals surface area contributed by atoms with Gasteiger partial charge in [-0.1, -0.05) is 138 Å². The molecule has 0 radical (unpaired) electrons. The smallest absolute Gasteiger partial charge is 0.350 e. The number of hydrogen-bond acceptors (Lipinski definition) is 4. The van der Waals surface area contributed by atoms with E-state index in [1.807, 2.05) is 12.4 Å². The van der Waals surface area contributed by atoms with E-state index in [2.05, 4.69) is 184 Å². The summed E-state index contributed by atoms with van der Waals surface area (Å²) in [5, 5.41) is 0. The number of aryl methyl sites for hydroxylation is 2. The molecule has 0 bridgehead atoms. The second-order valence-electron chi connectivity index (χ2n) is 17.9. The van der Waals surface area contributed by atoms with Gasteiger partial charge in [0.05, 0.1) is 0 Å². The number of aromatic nitrogens is 2. The molecule has 2 aromatic heterocycles. The summed E-state index contributed by atoms with van der Waals surface area (Å²) in [6.07, 6.45) is 8.13.